The number of carbonyl (C=O) groups excluding carboxylic acids is 2. The number of anilines is 1. The van der Waals surface area contributed by atoms with Crippen LogP contribution in [0, 0.1) is 0 Å². The normalized spacial score (nSPS) is 13.7. The predicted molar refractivity (Wildman–Crippen MR) is 137 cm³/mol. The number of carboxylic acids is 1. The summed E-state index contributed by atoms with van der Waals surface area (Å²) in [6.07, 6.45) is 1.80. The Morgan fingerprint density at radius 2 is 1.79 bits per heavy atom. The number of hydrogen-bond acceptors (Lipinski definition) is 11. The Bertz CT molecular complexity index is 1140. The number of carboxylic acid groups (broad SMARTS) is 1. The number of rotatable bonds is 4. The number of aromatic nitrogens is 2. The molecule has 1 aliphatic rings. The van der Waals surface area contributed by atoms with E-state index in [1.807, 2.05) is 30.3 Å². The van der Waals surface area contributed by atoms with E-state index in [9.17, 15) is 19.8 Å². The third kappa shape index (κ3) is 10.8. The van der Waals surface area contributed by atoms with Gasteiger partial charge in [-0.1, -0.05) is 41.9 Å². The molecule has 4 rings (SSSR count). The van der Waals surface area contributed by atoms with Gasteiger partial charge in [0.05, 0.1) is 23.7 Å². The zero-order valence-electron chi connectivity index (χ0n) is 20.2. The molecule has 13 nitrogen and oxygen atoms in total. The molecule has 1 aliphatic heterocycles. The number of nitrogens with two attached hydrogens (primary N) is 1. The number of aliphatic hydroxyl groups is 1. The average Bonchev–Trinajstić information content (AvgIpc) is 3.27. The van der Waals surface area contributed by atoms with E-state index in [1.54, 1.807) is 25.2 Å². The Morgan fingerprint density at radius 3 is 2.32 bits per heavy atom. The molecule has 201 valence electrons. The van der Waals surface area contributed by atoms with Crippen LogP contribution in [-0.4, -0.2) is 114 Å². The molecule has 2 aromatic carbocycles. The molecule has 0 fully saturated rings. The maximum absolute atomic E-state index is 12.1. The van der Waals surface area contributed by atoms with Crippen LogP contribution in [0.5, 0.6) is 0 Å². The van der Waals surface area contributed by atoms with Gasteiger partial charge in [0.25, 0.3) is 5.91 Å². The van der Waals surface area contributed by atoms with Gasteiger partial charge < -0.3 is 52.5 Å². The number of benzene rings is 2. The molecule has 16 heteroatoms. The van der Waals surface area contributed by atoms with Crippen LogP contribution in [0.3, 0.4) is 0 Å². The molecular formula is C22H25AlClMgN5O8-3. The summed E-state index contributed by atoms with van der Waals surface area (Å²) in [5, 5.41) is 20.7. The van der Waals surface area contributed by atoms with Gasteiger partial charge >= 0.3 is 23.1 Å². The largest absolute Gasteiger partial charge is 2.00 e. The van der Waals surface area contributed by atoms with Gasteiger partial charge in [0.2, 0.25) is 6.23 Å². The number of amides is 1. The van der Waals surface area contributed by atoms with Crippen LogP contribution in [0.1, 0.15) is 16.8 Å². The van der Waals surface area contributed by atoms with Gasteiger partial charge in [-0.05, 0) is 18.2 Å². The average molecular weight is 574 g/mol. The van der Waals surface area contributed by atoms with Crippen molar-refractivity contribution in [2.24, 2.45) is 10.7 Å². The summed E-state index contributed by atoms with van der Waals surface area (Å²) in [5.41, 5.74) is 8.66. The van der Waals surface area contributed by atoms with E-state index in [2.05, 4.69) is 15.0 Å². The Hall–Kier alpha value is -2.39. The summed E-state index contributed by atoms with van der Waals surface area (Å²) in [6, 6.07) is 13.7. The van der Waals surface area contributed by atoms with Crippen molar-refractivity contribution in [1.29, 1.82) is 0 Å². The number of likely N-dealkylation sites (N-methyl/N-ethyl adjacent to an activating group) is 1. The number of carbonyl (C=O) groups is 2. The van der Waals surface area contributed by atoms with Crippen molar-refractivity contribution in [2.75, 3.05) is 11.9 Å². The number of aliphatic carboxylic acids is 1. The third-order valence-corrected chi connectivity index (χ3v) is 4.96. The monoisotopic (exact) mass is 573 g/mol. The van der Waals surface area contributed by atoms with Crippen molar-refractivity contribution < 1.29 is 41.7 Å². The first-order valence-corrected chi connectivity index (χ1v) is 9.98. The molecule has 3 aromatic rings. The van der Waals surface area contributed by atoms with E-state index in [1.165, 1.54) is 17.4 Å². The van der Waals surface area contributed by atoms with Crippen molar-refractivity contribution in [3.05, 3.63) is 82.9 Å². The number of aromatic amines is 1. The number of nitrogens with one attached hydrogen (secondary N) is 1. The second-order valence-electron chi connectivity index (χ2n) is 6.98. The molecule has 1 amide bonds. The van der Waals surface area contributed by atoms with E-state index >= 15 is 0 Å². The van der Waals surface area contributed by atoms with E-state index in [0.717, 1.165) is 11.1 Å². The van der Waals surface area contributed by atoms with Crippen LogP contribution in [0.15, 0.2) is 66.0 Å². The van der Waals surface area contributed by atoms with E-state index in [-0.39, 0.29) is 68.7 Å². The summed E-state index contributed by atoms with van der Waals surface area (Å²) < 4.78 is 0. The zero-order valence-corrected chi connectivity index (χ0v) is 23.5. The molecule has 0 saturated carbocycles. The number of H-pyrrole nitrogens is 1. The van der Waals surface area contributed by atoms with Gasteiger partial charge in [-0.3, -0.25) is 4.79 Å². The molecule has 2 heterocycles. The molecule has 8 N–H and O–H groups in total. The Labute approximate surface area is 250 Å². The van der Waals surface area contributed by atoms with Crippen molar-refractivity contribution in [1.82, 2.24) is 9.97 Å². The van der Waals surface area contributed by atoms with Gasteiger partial charge in [0, 0.05) is 64.9 Å². The minimum absolute atomic E-state index is 0. The zero-order chi connectivity index (χ0) is 23.3. The van der Waals surface area contributed by atoms with Gasteiger partial charge in [0.15, 0.2) is 0 Å². The molecule has 0 bridgehead atoms. The topological polar surface area (TPSA) is 268 Å². The molecule has 38 heavy (non-hydrogen) atoms. The van der Waals surface area contributed by atoms with Gasteiger partial charge in [-0.2, -0.15) is 0 Å². The number of nitrogens with zero attached hydrogens (tertiary/aromatic N) is 3. The number of hydrogen-bond donors (Lipinski definition) is 3. The van der Waals surface area contributed by atoms with E-state index in [0.29, 0.717) is 22.1 Å². The summed E-state index contributed by atoms with van der Waals surface area (Å²) in [6.45, 7) is 0. The number of fused-ring (bicyclic) bond motifs is 1. The number of aliphatic hydroxyl groups excluding tert-OH is 1. The van der Waals surface area contributed by atoms with E-state index in [4.69, 9.17) is 17.3 Å². The summed E-state index contributed by atoms with van der Waals surface area (Å²) in [5.74, 6) is -1.72. The first-order chi connectivity index (χ1) is 15.3. The molecule has 0 spiro atoms. The summed E-state index contributed by atoms with van der Waals surface area (Å²) >= 11 is 6.08. The van der Waals surface area contributed by atoms with Crippen LogP contribution < -0.4 is 15.7 Å². The molecule has 0 saturated heterocycles. The quantitative estimate of drug-likeness (QED) is 0.321. The SMILES string of the molecule is CN1C(=O)C(O)N=C(c2ccccc2)c2cc(Cl)ccc21.NC(Cc1cnc[nH]1)C(=O)[O-].[Al].[Mg+2].[OH-].[OH-].[OH-].[OH-]. The Kier molecular flexibility index (Phi) is 22.1. The summed E-state index contributed by atoms with van der Waals surface area (Å²) in [7, 11) is 1.61. The molecule has 2 unspecified atom stereocenters. The molecule has 3 radical (unpaired) electrons. The van der Waals surface area contributed by atoms with Crippen molar-refractivity contribution in [3.63, 3.8) is 0 Å². The van der Waals surface area contributed by atoms with Crippen molar-refractivity contribution >= 4 is 75.3 Å². The van der Waals surface area contributed by atoms with Crippen LogP contribution in [-0.2, 0) is 16.0 Å². The maximum atomic E-state index is 12.1. The fourth-order valence-corrected chi connectivity index (χ4v) is 3.24. The molecule has 0 aliphatic carbocycles. The number of imidazole rings is 1. The minimum atomic E-state index is -1.42. The third-order valence-electron chi connectivity index (χ3n) is 4.72. The first kappa shape index (κ1) is 42.7. The standard InChI is InChI=1S/C16H13ClN2O2.C6H9N3O2.Al.Mg.4H2O/c1-19-13-8-7-11(17)9-12(13)14(18-15(20)16(19)21)10-5-3-2-4-6-10;7-5(6(10)11)1-4-2-8-3-9-4;;;;;;/h2-9,15,20H,1H3;2-3,5H,1,7H2,(H,8,9)(H,10,11);;;4*1H2/q;;;+2;;;;/p-5. The van der Waals surface area contributed by atoms with Crippen LogP contribution in [0.25, 0.3) is 0 Å². The van der Waals surface area contributed by atoms with Crippen LogP contribution in [0.2, 0.25) is 5.02 Å². The van der Waals surface area contributed by atoms with E-state index < -0.39 is 24.1 Å². The maximum Gasteiger partial charge on any atom is 2.00 e. The fraction of sp³-hybridized carbons (Fsp3) is 0.182. The number of benzodiazepines with no additional fused rings is 1. The predicted octanol–water partition coefficient (Wildman–Crippen LogP) is -0.967. The summed E-state index contributed by atoms with van der Waals surface area (Å²) in [4.78, 5) is 34.3. The van der Waals surface area contributed by atoms with Crippen molar-refractivity contribution in [3.8, 4) is 0 Å². The van der Waals surface area contributed by atoms with Crippen LogP contribution in [0.4, 0.5) is 5.69 Å². The van der Waals surface area contributed by atoms with Gasteiger partial charge in [0.1, 0.15) is 0 Å². The molecule has 2 atom stereocenters. The fourth-order valence-electron chi connectivity index (χ4n) is 3.07. The second-order valence-corrected chi connectivity index (χ2v) is 7.42. The Morgan fingerprint density at radius 1 is 1.18 bits per heavy atom. The minimum Gasteiger partial charge on any atom is -0.870 e. The Balaban J connectivity index is -0.000000299. The van der Waals surface area contributed by atoms with Gasteiger partial charge in [-0.25, -0.2) is 9.98 Å². The van der Waals surface area contributed by atoms with Crippen LogP contribution >= 0.6 is 11.6 Å². The first-order valence-electron chi connectivity index (χ1n) is 9.60. The van der Waals surface area contributed by atoms with Crippen molar-refractivity contribution in [2.45, 2.75) is 18.7 Å². The molecule has 1 aromatic heterocycles. The smallest absolute Gasteiger partial charge is 0.870 e. The molecular weight excluding hydrogens is 549 g/mol. The number of halogens is 1. The van der Waals surface area contributed by atoms with Gasteiger partial charge in [-0.15, -0.1) is 0 Å². The number of aliphatic imine (C=N–C) groups is 1. The second kappa shape index (κ2) is 19.6.